The van der Waals surface area contributed by atoms with Gasteiger partial charge in [-0.05, 0) is 42.9 Å². The van der Waals surface area contributed by atoms with Crippen molar-refractivity contribution in [3.05, 3.63) is 54.1 Å². The van der Waals surface area contributed by atoms with Crippen molar-refractivity contribution in [2.24, 2.45) is 0 Å². The second-order valence-corrected chi connectivity index (χ2v) is 6.88. The van der Waals surface area contributed by atoms with Gasteiger partial charge in [-0.25, -0.2) is 4.79 Å². The van der Waals surface area contributed by atoms with Crippen molar-refractivity contribution in [1.29, 1.82) is 0 Å². The lowest BCUT2D eigenvalue weighted by atomic mass is 10.2. The van der Waals surface area contributed by atoms with E-state index >= 15 is 0 Å². The van der Waals surface area contributed by atoms with Gasteiger partial charge in [0.25, 0.3) is 6.01 Å². The van der Waals surface area contributed by atoms with Gasteiger partial charge in [0.15, 0.2) is 5.58 Å². The second-order valence-electron chi connectivity index (χ2n) is 5.74. The number of oxazole rings is 1. The molecule has 0 aliphatic rings. The number of carboxylic acid groups (broad SMARTS) is 1. The molecule has 2 aromatic carbocycles. The summed E-state index contributed by atoms with van der Waals surface area (Å²) in [4.78, 5) is 18.5. The lowest BCUT2D eigenvalue weighted by molar-refractivity contribution is 0.0693. The van der Waals surface area contributed by atoms with Gasteiger partial charge in [-0.1, -0.05) is 24.3 Å². The number of unbranched alkanes of at least 4 members (excludes halogenated alkanes) is 1. The molecule has 130 valence electrons. The van der Waals surface area contributed by atoms with Crippen molar-refractivity contribution in [2.45, 2.75) is 17.7 Å². The number of nitrogens with zero attached hydrogens (tertiary/aromatic N) is 2. The average molecular weight is 356 g/mol. The van der Waals surface area contributed by atoms with E-state index in [1.807, 2.05) is 48.3 Å². The van der Waals surface area contributed by atoms with E-state index in [1.165, 1.54) is 0 Å². The highest BCUT2D eigenvalue weighted by Crippen LogP contribution is 2.24. The minimum absolute atomic E-state index is 0.371. The van der Waals surface area contributed by atoms with Crippen molar-refractivity contribution in [1.82, 2.24) is 4.98 Å². The highest BCUT2D eigenvalue weighted by Gasteiger charge is 2.11. The highest BCUT2D eigenvalue weighted by molar-refractivity contribution is 7.99. The maximum absolute atomic E-state index is 11.2. The summed E-state index contributed by atoms with van der Waals surface area (Å²) < 4.78 is 5.74. The van der Waals surface area contributed by atoms with Crippen LogP contribution in [-0.4, -0.2) is 35.4 Å². The van der Waals surface area contributed by atoms with E-state index in [0.717, 1.165) is 41.1 Å². The van der Waals surface area contributed by atoms with Crippen LogP contribution in [0.2, 0.25) is 0 Å². The Hall–Kier alpha value is -2.47. The van der Waals surface area contributed by atoms with Crippen LogP contribution in [-0.2, 0) is 0 Å². The molecule has 0 spiro atoms. The van der Waals surface area contributed by atoms with Crippen LogP contribution in [0.25, 0.3) is 11.1 Å². The molecule has 1 N–H and O–H groups in total. The van der Waals surface area contributed by atoms with Gasteiger partial charge in [-0.3, -0.25) is 0 Å². The van der Waals surface area contributed by atoms with Gasteiger partial charge >= 0.3 is 5.97 Å². The summed E-state index contributed by atoms with van der Waals surface area (Å²) in [6, 6.07) is 15.5. The molecule has 1 heterocycles. The van der Waals surface area contributed by atoms with Crippen molar-refractivity contribution >= 4 is 34.8 Å². The first kappa shape index (κ1) is 17.4. The number of fused-ring (bicyclic) bond motifs is 1. The molecule has 0 fully saturated rings. The minimum Gasteiger partial charge on any atom is -0.478 e. The summed E-state index contributed by atoms with van der Waals surface area (Å²) in [5.41, 5.74) is 2.03. The van der Waals surface area contributed by atoms with Crippen molar-refractivity contribution < 1.29 is 14.3 Å². The van der Waals surface area contributed by atoms with Gasteiger partial charge in [0.2, 0.25) is 0 Å². The molecular formula is C19H20N2O3S. The third-order valence-corrected chi connectivity index (χ3v) is 5.03. The van der Waals surface area contributed by atoms with Gasteiger partial charge in [0.05, 0.1) is 5.56 Å². The maximum atomic E-state index is 11.2. The van der Waals surface area contributed by atoms with Gasteiger partial charge in [-0.2, -0.15) is 4.98 Å². The number of anilines is 1. The predicted octanol–water partition coefficient (Wildman–Crippen LogP) is 4.53. The molecule has 1 aromatic heterocycles. The SMILES string of the molecule is CN(CCCCSc1ccccc1C(=O)O)c1nc2ccccc2o1. The highest BCUT2D eigenvalue weighted by atomic mass is 32.2. The Morgan fingerprint density at radius 1 is 1.16 bits per heavy atom. The molecule has 0 saturated heterocycles. The molecule has 0 radical (unpaired) electrons. The van der Waals surface area contributed by atoms with Gasteiger partial charge in [-0.15, -0.1) is 11.8 Å². The first-order chi connectivity index (χ1) is 12.1. The Morgan fingerprint density at radius 2 is 1.92 bits per heavy atom. The lowest BCUT2D eigenvalue weighted by Gasteiger charge is -2.13. The molecule has 0 aliphatic carbocycles. The molecule has 0 atom stereocenters. The summed E-state index contributed by atoms with van der Waals surface area (Å²) in [5, 5.41) is 9.19. The van der Waals surface area contributed by atoms with E-state index in [2.05, 4.69) is 4.98 Å². The van der Waals surface area contributed by atoms with Gasteiger partial charge in [0.1, 0.15) is 5.52 Å². The topological polar surface area (TPSA) is 66.6 Å². The van der Waals surface area contributed by atoms with Crippen molar-refractivity contribution in [3.63, 3.8) is 0 Å². The number of aromatic carboxylic acids is 1. The first-order valence-electron chi connectivity index (χ1n) is 8.17. The number of hydrogen-bond donors (Lipinski definition) is 1. The number of rotatable bonds is 8. The molecule has 6 heteroatoms. The van der Waals surface area contributed by atoms with Crippen LogP contribution in [0.15, 0.2) is 57.8 Å². The quantitative estimate of drug-likeness (QED) is 0.472. The van der Waals surface area contributed by atoms with Crippen LogP contribution in [0.5, 0.6) is 0 Å². The third kappa shape index (κ3) is 4.33. The second kappa shape index (κ2) is 8.07. The van der Waals surface area contributed by atoms with E-state index in [0.29, 0.717) is 11.6 Å². The smallest absolute Gasteiger partial charge is 0.336 e. The third-order valence-electron chi connectivity index (χ3n) is 3.87. The van der Waals surface area contributed by atoms with Crippen LogP contribution in [0.3, 0.4) is 0 Å². The number of para-hydroxylation sites is 2. The number of hydrogen-bond acceptors (Lipinski definition) is 5. The zero-order valence-electron chi connectivity index (χ0n) is 14.0. The fraction of sp³-hybridized carbons (Fsp3) is 0.263. The summed E-state index contributed by atoms with van der Waals surface area (Å²) >= 11 is 1.59. The van der Waals surface area contributed by atoms with Crippen LogP contribution in [0, 0.1) is 0 Å². The Kier molecular flexibility index (Phi) is 5.60. The Morgan fingerprint density at radius 3 is 2.72 bits per heavy atom. The molecular weight excluding hydrogens is 336 g/mol. The van der Waals surface area contributed by atoms with E-state index in [-0.39, 0.29) is 0 Å². The lowest BCUT2D eigenvalue weighted by Crippen LogP contribution is -2.18. The van der Waals surface area contributed by atoms with Crippen molar-refractivity contribution in [3.8, 4) is 0 Å². The number of carboxylic acids is 1. The monoisotopic (exact) mass is 356 g/mol. The summed E-state index contributed by atoms with van der Waals surface area (Å²) in [7, 11) is 1.97. The summed E-state index contributed by atoms with van der Waals surface area (Å²) in [6.45, 7) is 0.841. The molecule has 5 nitrogen and oxygen atoms in total. The Balaban J connectivity index is 1.46. The maximum Gasteiger partial charge on any atom is 0.336 e. The van der Waals surface area contributed by atoms with Crippen LogP contribution >= 0.6 is 11.8 Å². The fourth-order valence-corrected chi connectivity index (χ4v) is 3.58. The standard InChI is InChI=1S/C19H20N2O3S/c1-21(19-20-15-9-3-4-10-16(15)24-19)12-6-7-13-25-17-11-5-2-8-14(17)18(22)23/h2-5,8-11H,6-7,12-13H2,1H3,(H,22,23). The molecule has 0 bridgehead atoms. The van der Waals surface area contributed by atoms with Gasteiger partial charge < -0.3 is 14.4 Å². The van der Waals surface area contributed by atoms with Crippen LogP contribution in [0.4, 0.5) is 6.01 Å². The number of carbonyl (C=O) groups is 1. The normalized spacial score (nSPS) is 10.9. The number of aromatic nitrogens is 1. The van der Waals surface area contributed by atoms with E-state index in [9.17, 15) is 9.90 Å². The van der Waals surface area contributed by atoms with Gasteiger partial charge in [0, 0.05) is 18.5 Å². The molecule has 3 aromatic rings. The predicted molar refractivity (Wildman–Crippen MR) is 101 cm³/mol. The number of benzene rings is 2. The molecule has 0 unspecified atom stereocenters. The molecule has 0 aliphatic heterocycles. The zero-order chi connectivity index (χ0) is 17.6. The van der Waals surface area contributed by atoms with E-state index < -0.39 is 5.97 Å². The van der Waals surface area contributed by atoms with Crippen LogP contribution < -0.4 is 4.90 Å². The van der Waals surface area contributed by atoms with Crippen LogP contribution in [0.1, 0.15) is 23.2 Å². The average Bonchev–Trinajstić information content (AvgIpc) is 3.06. The number of thioether (sulfide) groups is 1. The van der Waals surface area contributed by atoms with E-state index in [4.69, 9.17) is 4.42 Å². The summed E-state index contributed by atoms with van der Waals surface area (Å²) in [5.74, 6) is 0.00453. The molecule has 25 heavy (non-hydrogen) atoms. The Labute approximate surface area is 150 Å². The Bertz CT molecular complexity index is 830. The first-order valence-corrected chi connectivity index (χ1v) is 9.15. The van der Waals surface area contributed by atoms with E-state index in [1.54, 1.807) is 23.9 Å². The summed E-state index contributed by atoms with van der Waals surface area (Å²) in [6.07, 6.45) is 1.97. The fourth-order valence-electron chi connectivity index (χ4n) is 2.52. The molecule has 3 rings (SSSR count). The minimum atomic E-state index is -0.876. The zero-order valence-corrected chi connectivity index (χ0v) is 14.8. The largest absolute Gasteiger partial charge is 0.478 e. The molecule has 0 amide bonds. The molecule has 0 saturated carbocycles. The van der Waals surface area contributed by atoms with Crippen molar-refractivity contribution in [2.75, 3.05) is 24.2 Å².